The molecule has 0 amide bonds. The number of benzene rings is 1. The third kappa shape index (κ3) is 3.71. The molecule has 1 aliphatic heterocycles. The zero-order valence-corrected chi connectivity index (χ0v) is 17.7. The van der Waals surface area contributed by atoms with Crippen LogP contribution >= 0.6 is 11.3 Å². The highest BCUT2D eigenvalue weighted by Crippen LogP contribution is 2.34. The summed E-state index contributed by atoms with van der Waals surface area (Å²) in [5.74, 6) is 0.878. The van der Waals surface area contributed by atoms with Gasteiger partial charge in [0.05, 0.1) is 31.6 Å². The Balaban J connectivity index is 1.61. The van der Waals surface area contributed by atoms with Gasteiger partial charge in [-0.3, -0.25) is 9.36 Å². The molecular formula is C23H29N4OS+. The number of quaternary nitrogens is 1. The molecule has 6 heteroatoms. The summed E-state index contributed by atoms with van der Waals surface area (Å²) < 4.78 is 1.97. The maximum Gasteiger partial charge on any atom is 0.263 e. The Bertz CT molecular complexity index is 1050. The fourth-order valence-corrected chi connectivity index (χ4v) is 5.93. The third-order valence-electron chi connectivity index (χ3n) is 6.26. The van der Waals surface area contributed by atoms with Crippen LogP contribution in [0, 0.1) is 0 Å². The van der Waals surface area contributed by atoms with E-state index >= 15 is 0 Å². The van der Waals surface area contributed by atoms with E-state index in [2.05, 4.69) is 34.5 Å². The first-order valence-electron chi connectivity index (χ1n) is 11.0. The zero-order chi connectivity index (χ0) is 19.6. The van der Waals surface area contributed by atoms with E-state index in [4.69, 9.17) is 4.98 Å². The predicted octanol–water partition coefficient (Wildman–Crippen LogP) is 2.35. The Kier molecular flexibility index (Phi) is 5.38. The van der Waals surface area contributed by atoms with Crippen LogP contribution in [0.5, 0.6) is 0 Å². The second-order valence-corrected chi connectivity index (χ2v) is 9.29. The fraction of sp³-hybridized carbons (Fsp3) is 0.478. The lowest BCUT2D eigenvalue weighted by molar-refractivity contribution is -0.655. The van der Waals surface area contributed by atoms with Crippen LogP contribution in [0.3, 0.4) is 0 Å². The van der Waals surface area contributed by atoms with E-state index in [1.165, 1.54) is 35.3 Å². The normalized spacial score (nSPS) is 17.3. The van der Waals surface area contributed by atoms with Crippen LogP contribution in [0.2, 0.25) is 0 Å². The van der Waals surface area contributed by atoms with Crippen molar-refractivity contribution in [1.29, 1.82) is 0 Å². The first-order valence-corrected chi connectivity index (χ1v) is 11.8. The molecule has 0 unspecified atom stereocenters. The molecule has 1 fully saturated rings. The summed E-state index contributed by atoms with van der Waals surface area (Å²) in [7, 11) is 0. The molecule has 3 aromatic rings. The van der Waals surface area contributed by atoms with Crippen molar-refractivity contribution in [2.75, 3.05) is 31.1 Å². The number of nitrogens with two attached hydrogens (primary N) is 1. The molecule has 0 saturated carbocycles. The molecule has 2 N–H and O–H groups in total. The number of fused-ring (bicyclic) bond motifs is 3. The van der Waals surface area contributed by atoms with Crippen molar-refractivity contribution in [2.24, 2.45) is 0 Å². The molecule has 5 rings (SSSR count). The van der Waals surface area contributed by atoms with Crippen LogP contribution < -0.4 is 15.8 Å². The highest BCUT2D eigenvalue weighted by Gasteiger charge is 2.24. The monoisotopic (exact) mass is 409 g/mol. The molecule has 1 aliphatic carbocycles. The smallest absolute Gasteiger partial charge is 0.263 e. The molecule has 0 atom stereocenters. The minimum Gasteiger partial charge on any atom is -0.343 e. The molecule has 2 aromatic heterocycles. The van der Waals surface area contributed by atoms with Crippen molar-refractivity contribution in [2.45, 2.75) is 45.1 Å². The van der Waals surface area contributed by atoms with E-state index in [-0.39, 0.29) is 5.56 Å². The lowest BCUT2D eigenvalue weighted by Gasteiger charge is -2.28. The Morgan fingerprint density at radius 2 is 1.83 bits per heavy atom. The van der Waals surface area contributed by atoms with Crippen molar-refractivity contribution < 1.29 is 5.32 Å². The van der Waals surface area contributed by atoms with Crippen LogP contribution in [-0.4, -0.2) is 35.7 Å². The summed E-state index contributed by atoms with van der Waals surface area (Å²) in [5, 5.41) is 3.25. The van der Waals surface area contributed by atoms with Gasteiger partial charge in [-0.25, -0.2) is 4.98 Å². The number of aromatic nitrogens is 2. The lowest BCUT2D eigenvalue weighted by Crippen LogP contribution is -2.90. The van der Waals surface area contributed by atoms with Gasteiger partial charge in [-0.15, -0.1) is 11.3 Å². The molecular weight excluding hydrogens is 380 g/mol. The van der Waals surface area contributed by atoms with E-state index < -0.39 is 0 Å². The highest BCUT2D eigenvalue weighted by molar-refractivity contribution is 7.18. The fourth-order valence-electron chi connectivity index (χ4n) is 4.68. The lowest BCUT2D eigenvalue weighted by atomic mass is 10.1. The number of aryl methyl sites for hydroxylation is 3. The van der Waals surface area contributed by atoms with Gasteiger partial charge in [0.1, 0.15) is 4.83 Å². The van der Waals surface area contributed by atoms with Crippen molar-refractivity contribution in [3.8, 4) is 0 Å². The van der Waals surface area contributed by atoms with Gasteiger partial charge in [0.25, 0.3) is 5.56 Å². The van der Waals surface area contributed by atoms with Gasteiger partial charge in [0.2, 0.25) is 5.95 Å². The number of piperazine rings is 1. The van der Waals surface area contributed by atoms with Gasteiger partial charge in [-0.1, -0.05) is 36.8 Å². The van der Waals surface area contributed by atoms with Gasteiger partial charge in [0.15, 0.2) is 0 Å². The number of hydrogen-bond acceptors (Lipinski definition) is 4. The van der Waals surface area contributed by atoms with Crippen molar-refractivity contribution in [1.82, 2.24) is 9.55 Å². The van der Waals surface area contributed by atoms with E-state index in [1.807, 2.05) is 10.6 Å². The van der Waals surface area contributed by atoms with Gasteiger partial charge >= 0.3 is 0 Å². The predicted molar refractivity (Wildman–Crippen MR) is 119 cm³/mol. The summed E-state index contributed by atoms with van der Waals surface area (Å²) in [6.45, 7) is 4.72. The Morgan fingerprint density at radius 3 is 2.66 bits per heavy atom. The van der Waals surface area contributed by atoms with Crippen LogP contribution in [0.25, 0.3) is 10.2 Å². The Hall–Kier alpha value is -2.18. The number of rotatable bonds is 4. The standard InChI is InChI=1S/C23H28N4OS/c28-22-20-18-9-5-2-6-10-19(18)29-21(20)25-23(26-15-12-24-13-16-26)27(22)14-11-17-7-3-1-4-8-17/h1,3-4,7-8,24H,2,5-6,9-16H2/p+1. The van der Waals surface area contributed by atoms with Gasteiger partial charge < -0.3 is 10.2 Å². The molecule has 1 saturated heterocycles. The summed E-state index contributed by atoms with van der Waals surface area (Å²) in [6, 6.07) is 10.5. The molecule has 2 aliphatic rings. The van der Waals surface area contributed by atoms with E-state index in [0.717, 1.165) is 61.6 Å². The SMILES string of the molecule is O=c1c2c3c(sc2nc(N2CC[NH2+]CC2)n1CCc1ccccc1)CCCCC3. The summed E-state index contributed by atoms with van der Waals surface area (Å²) in [5.41, 5.74) is 2.74. The number of anilines is 1. The number of nitrogens with zero attached hydrogens (tertiary/aromatic N) is 3. The average molecular weight is 410 g/mol. The van der Waals surface area contributed by atoms with Crippen LogP contribution in [0.4, 0.5) is 5.95 Å². The zero-order valence-electron chi connectivity index (χ0n) is 16.9. The maximum absolute atomic E-state index is 13.8. The minimum atomic E-state index is 0.176. The summed E-state index contributed by atoms with van der Waals surface area (Å²) in [4.78, 5) is 23.5. The molecule has 3 heterocycles. The molecule has 29 heavy (non-hydrogen) atoms. The molecule has 1 aromatic carbocycles. The second-order valence-electron chi connectivity index (χ2n) is 8.20. The van der Waals surface area contributed by atoms with Crippen molar-refractivity contribution in [3.63, 3.8) is 0 Å². The van der Waals surface area contributed by atoms with Crippen molar-refractivity contribution in [3.05, 3.63) is 56.7 Å². The number of thiophene rings is 1. The maximum atomic E-state index is 13.8. The topological polar surface area (TPSA) is 54.7 Å². The van der Waals surface area contributed by atoms with Crippen LogP contribution in [0.15, 0.2) is 35.1 Å². The molecule has 0 radical (unpaired) electrons. The van der Waals surface area contributed by atoms with Gasteiger partial charge in [-0.05, 0) is 43.2 Å². The Morgan fingerprint density at radius 1 is 1.03 bits per heavy atom. The number of hydrogen-bond donors (Lipinski definition) is 1. The largest absolute Gasteiger partial charge is 0.343 e. The first-order chi connectivity index (χ1) is 14.3. The average Bonchev–Trinajstić information content (AvgIpc) is 2.95. The summed E-state index contributed by atoms with van der Waals surface area (Å²) >= 11 is 1.77. The van der Waals surface area contributed by atoms with Crippen molar-refractivity contribution >= 4 is 27.5 Å². The van der Waals surface area contributed by atoms with Crippen LogP contribution in [-0.2, 0) is 25.8 Å². The first kappa shape index (κ1) is 18.8. The van der Waals surface area contributed by atoms with E-state index in [1.54, 1.807) is 11.3 Å². The molecule has 5 nitrogen and oxygen atoms in total. The molecule has 152 valence electrons. The van der Waals surface area contributed by atoms with E-state index in [0.29, 0.717) is 6.54 Å². The molecule has 0 spiro atoms. The van der Waals surface area contributed by atoms with Gasteiger partial charge in [0, 0.05) is 11.4 Å². The highest BCUT2D eigenvalue weighted by atomic mass is 32.1. The summed E-state index contributed by atoms with van der Waals surface area (Å²) in [6.07, 6.45) is 6.67. The second kappa shape index (κ2) is 8.28. The quantitative estimate of drug-likeness (QED) is 0.673. The molecule has 0 bridgehead atoms. The van der Waals surface area contributed by atoms with Gasteiger partial charge in [-0.2, -0.15) is 0 Å². The van der Waals surface area contributed by atoms with E-state index in [9.17, 15) is 4.79 Å². The van der Waals surface area contributed by atoms with Crippen LogP contribution in [0.1, 0.15) is 35.3 Å². The Labute approximate surface area is 175 Å². The minimum absolute atomic E-state index is 0.176. The third-order valence-corrected chi connectivity index (χ3v) is 7.45.